The first-order valence-corrected chi connectivity index (χ1v) is 9.42. The molecule has 24 heavy (non-hydrogen) atoms. The zero-order chi connectivity index (χ0) is 16.8. The van der Waals surface area contributed by atoms with Crippen LogP contribution in [0.15, 0.2) is 29.9 Å². The molecule has 1 unspecified atom stereocenters. The molecule has 6 heteroatoms. The Balaban J connectivity index is 1.53. The van der Waals surface area contributed by atoms with Crippen LogP contribution in [-0.2, 0) is 17.8 Å². The third-order valence-electron chi connectivity index (χ3n) is 4.40. The number of rotatable bonds is 6. The molecule has 1 fully saturated rings. The van der Waals surface area contributed by atoms with Crippen molar-refractivity contribution in [1.29, 1.82) is 0 Å². The van der Waals surface area contributed by atoms with Crippen molar-refractivity contribution in [2.75, 3.05) is 13.1 Å². The maximum absolute atomic E-state index is 12.6. The number of nitrogens with one attached hydrogen (secondary N) is 1. The van der Waals surface area contributed by atoms with Gasteiger partial charge in [-0.25, -0.2) is 4.98 Å². The molecule has 0 spiro atoms. The van der Waals surface area contributed by atoms with Gasteiger partial charge in [0.05, 0.1) is 16.7 Å². The summed E-state index contributed by atoms with van der Waals surface area (Å²) >= 11 is 1.66. The minimum atomic E-state index is -0.0240. The van der Waals surface area contributed by atoms with Gasteiger partial charge in [-0.1, -0.05) is 6.42 Å². The quantitative estimate of drug-likeness (QED) is 0.875. The standard InChI is InChI=1S/C18H24N4OS/c1-14-21-16(13-24-14)7-10-20-18(23)17-4-2-3-11-22(17)12-15-5-8-19-9-6-15/h5-6,8-9,13,17H,2-4,7,10-12H2,1H3,(H,20,23). The number of piperidine rings is 1. The van der Waals surface area contributed by atoms with E-state index in [9.17, 15) is 4.79 Å². The van der Waals surface area contributed by atoms with E-state index in [1.165, 1.54) is 5.56 Å². The smallest absolute Gasteiger partial charge is 0.237 e. The van der Waals surface area contributed by atoms with Crippen LogP contribution in [0.5, 0.6) is 0 Å². The number of likely N-dealkylation sites (tertiary alicyclic amines) is 1. The first-order chi connectivity index (χ1) is 11.7. The summed E-state index contributed by atoms with van der Waals surface area (Å²) in [6.45, 7) is 4.45. The highest BCUT2D eigenvalue weighted by Crippen LogP contribution is 2.19. The monoisotopic (exact) mass is 344 g/mol. The van der Waals surface area contributed by atoms with Crippen molar-refractivity contribution in [3.05, 3.63) is 46.2 Å². The van der Waals surface area contributed by atoms with Crippen LogP contribution in [-0.4, -0.2) is 39.9 Å². The Hall–Kier alpha value is -1.79. The number of hydrogen-bond donors (Lipinski definition) is 1. The number of carbonyl (C=O) groups is 1. The second-order valence-corrected chi connectivity index (χ2v) is 7.30. The molecule has 1 aliphatic rings. The van der Waals surface area contributed by atoms with Crippen molar-refractivity contribution in [2.24, 2.45) is 0 Å². The van der Waals surface area contributed by atoms with E-state index in [4.69, 9.17) is 0 Å². The van der Waals surface area contributed by atoms with Crippen LogP contribution in [0.4, 0.5) is 0 Å². The minimum absolute atomic E-state index is 0.0240. The van der Waals surface area contributed by atoms with Gasteiger partial charge in [-0.05, 0) is 44.0 Å². The summed E-state index contributed by atoms with van der Waals surface area (Å²) in [5, 5.41) is 6.24. The predicted octanol–water partition coefficient (Wildman–Crippen LogP) is 2.56. The van der Waals surface area contributed by atoms with Gasteiger partial charge in [0.2, 0.25) is 5.91 Å². The van der Waals surface area contributed by atoms with Gasteiger partial charge in [0.15, 0.2) is 0 Å². The highest BCUT2D eigenvalue weighted by molar-refractivity contribution is 7.09. The lowest BCUT2D eigenvalue weighted by Crippen LogP contribution is -2.49. The number of nitrogens with zero attached hydrogens (tertiary/aromatic N) is 3. The van der Waals surface area contributed by atoms with Gasteiger partial charge in [-0.2, -0.15) is 0 Å². The third kappa shape index (κ3) is 4.61. The molecular weight excluding hydrogens is 320 g/mol. The van der Waals surface area contributed by atoms with Gasteiger partial charge >= 0.3 is 0 Å². The number of carbonyl (C=O) groups excluding carboxylic acids is 1. The molecule has 0 radical (unpaired) electrons. The predicted molar refractivity (Wildman–Crippen MR) is 95.9 cm³/mol. The molecule has 0 aliphatic carbocycles. The van der Waals surface area contributed by atoms with Gasteiger partial charge < -0.3 is 5.32 Å². The SMILES string of the molecule is Cc1nc(CCNC(=O)C2CCCCN2Cc2ccncc2)cs1. The lowest BCUT2D eigenvalue weighted by Gasteiger charge is -2.34. The largest absolute Gasteiger partial charge is 0.354 e. The maximum Gasteiger partial charge on any atom is 0.237 e. The van der Waals surface area contributed by atoms with Gasteiger partial charge in [-0.3, -0.25) is 14.7 Å². The van der Waals surface area contributed by atoms with Crippen molar-refractivity contribution in [1.82, 2.24) is 20.2 Å². The van der Waals surface area contributed by atoms with Gasteiger partial charge in [0, 0.05) is 37.3 Å². The summed E-state index contributed by atoms with van der Waals surface area (Å²) in [5.41, 5.74) is 2.28. The molecule has 1 atom stereocenters. The topological polar surface area (TPSA) is 58.1 Å². The van der Waals surface area contributed by atoms with Crippen molar-refractivity contribution in [2.45, 2.75) is 45.2 Å². The normalized spacial score (nSPS) is 18.5. The zero-order valence-corrected chi connectivity index (χ0v) is 14.9. The lowest BCUT2D eigenvalue weighted by molar-refractivity contribution is -0.127. The van der Waals surface area contributed by atoms with E-state index in [0.717, 1.165) is 49.5 Å². The molecule has 0 aromatic carbocycles. The molecule has 2 aromatic rings. The highest BCUT2D eigenvalue weighted by Gasteiger charge is 2.28. The molecule has 2 aromatic heterocycles. The summed E-state index contributed by atoms with van der Waals surface area (Å²) < 4.78 is 0. The second-order valence-electron chi connectivity index (χ2n) is 6.24. The minimum Gasteiger partial charge on any atom is -0.354 e. The fourth-order valence-corrected chi connectivity index (χ4v) is 3.80. The van der Waals surface area contributed by atoms with Crippen molar-refractivity contribution < 1.29 is 4.79 Å². The lowest BCUT2D eigenvalue weighted by atomic mass is 10.0. The van der Waals surface area contributed by atoms with Crippen LogP contribution in [0, 0.1) is 6.92 Å². The van der Waals surface area contributed by atoms with Crippen LogP contribution in [0.2, 0.25) is 0 Å². The van der Waals surface area contributed by atoms with Crippen molar-refractivity contribution in [3.63, 3.8) is 0 Å². The summed E-state index contributed by atoms with van der Waals surface area (Å²) in [6.07, 6.45) is 7.64. The molecule has 3 rings (SSSR count). The van der Waals surface area contributed by atoms with Crippen LogP contribution < -0.4 is 5.32 Å². The molecule has 128 valence electrons. The molecule has 5 nitrogen and oxygen atoms in total. The fraction of sp³-hybridized carbons (Fsp3) is 0.500. The Morgan fingerprint density at radius 3 is 2.96 bits per heavy atom. The van der Waals surface area contributed by atoms with E-state index < -0.39 is 0 Å². The molecule has 0 bridgehead atoms. The van der Waals surface area contributed by atoms with E-state index in [1.54, 1.807) is 11.3 Å². The Morgan fingerprint density at radius 1 is 1.38 bits per heavy atom. The molecule has 1 amide bonds. The fourth-order valence-electron chi connectivity index (χ4n) is 3.15. The average molecular weight is 344 g/mol. The van der Waals surface area contributed by atoms with Gasteiger partial charge in [-0.15, -0.1) is 11.3 Å². The van der Waals surface area contributed by atoms with Crippen LogP contribution >= 0.6 is 11.3 Å². The summed E-state index contributed by atoms with van der Waals surface area (Å²) in [7, 11) is 0. The maximum atomic E-state index is 12.6. The summed E-state index contributed by atoms with van der Waals surface area (Å²) in [4.78, 5) is 23.4. The molecule has 1 aliphatic heterocycles. The molecule has 1 saturated heterocycles. The molecular formula is C18H24N4OS. The number of aromatic nitrogens is 2. The van der Waals surface area contributed by atoms with Crippen molar-refractivity contribution >= 4 is 17.2 Å². The average Bonchev–Trinajstić information content (AvgIpc) is 3.01. The zero-order valence-electron chi connectivity index (χ0n) is 14.1. The number of aryl methyl sites for hydroxylation is 1. The highest BCUT2D eigenvalue weighted by atomic mass is 32.1. The Labute approximate surface area is 147 Å². The van der Waals surface area contributed by atoms with E-state index in [1.807, 2.05) is 31.5 Å². The third-order valence-corrected chi connectivity index (χ3v) is 5.22. The Morgan fingerprint density at radius 2 is 2.21 bits per heavy atom. The first kappa shape index (κ1) is 17.0. The first-order valence-electron chi connectivity index (χ1n) is 8.54. The van der Waals surface area contributed by atoms with E-state index >= 15 is 0 Å². The Kier molecular flexibility index (Phi) is 5.93. The summed E-state index contributed by atoms with van der Waals surface area (Å²) in [6, 6.07) is 4.02. The van der Waals surface area contributed by atoms with E-state index in [2.05, 4.69) is 25.6 Å². The number of pyridine rings is 1. The summed E-state index contributed by atoms with van der Waals surface area (Å²) in [5.74, 6) is 0.149. The number of thiazole rings is 1. The van der Waals surface area contributed by atoms with Crippen molar-refractivity contribution in [3.8, 4) is 0 Å². The van der Waals surface area contributed by atoms with Crippen LogP contribution in [0.25, 0.3) is 0 Å². The van der Waals surface area contributed by atoms with Crippen LogP contribution in [0.1, 0.15) is 35.5 Å². The Bertz CT molecular complexity index is 658. The van der Waals surface area contributed by atoms with Crippen LogP contribution in [0.3, 0.4) is 0 Å². The number of hydrogen-bond acceptors (Lipinski definition) is 5. The van der Waals surface area contributed by atoms with Gasteiger partial charge in [0.1, 0.15) is 0 Å². The number of amides is 1. The molecule has 1 N–H and O–H groups in total. The van der Waals surface area contributed by atoms with E-state index in [-0.39, 0.29) is 11.9 Å². The second kappa shape index (κ2) is 8.35. The van der Waals surface area contributed by atoms with E-state index in [0.29, 0.717) is 6.54 Å². The molecule has 0 saturated carbocycles. The van der Waals surface area contributed by atoms with Gasteiger partial charge in [0.25, 0.3) is 0 Å². The molecule has 3 heterocycles.